The Morgan fingerprint density at radius 1 is 1.25 bits per heavy atom. The molecule has 2 heteroatoms. The number of ether oxygens (including phenoxy) is 1. The van der Waals surface area contributed by atoms with Crippen LogP contribution in [0, 0.1) is 0 Å². The van der Waals surface area contributed by atoms with Crippen LogP contribution in [-0.2, 0) is 11.3 Å². The molecule has 1 aromatic rings. The molecule has 0 heterocycles. The van der Waals surface area contributed by atoms with E-state index in [1.54, 1.807) is 0 Å². The minimum Gasteiger partial charge on any atom is -0.474 e. The Hall–Kier alpha value is -1.44. The predicted octanol–water partition coefficient (Wildman–Crippen LogP) is 3.40. The molecule has 0 fully saturated rings. The maximum absolute atomic E-state index is 5.70. The minimum absolute atomic E-state index is 0.192. The lowest BCUT2D eigenvalue weighted by Crippen LogP contribution is -2.26. The Kier molecular flexibility index (Phi) is 3.99. The van der Waals surface area contributed by atoms with Gasteiger partial charge in [0.25, 0.3) is 0 Å². The van der Waals surface area contributed by atoms with E-state index in [1.165, 1.54) is 5.56 Å². The SMILES string of the molecule is C=C(OC(C)(C)C)N(C)Cc1ccccc1. The van der Waals surface area contributed by atoms with Crippen LogP contribution in [0.5, 0.6) is 0 Å². The summed E-state index contributed by atoms with van der Waals surface area (Å²) in [6.45, 7) is 10.8. The number of benzene rings is 1. The van der Waals surface area contributed by atoms with Crippen LogP contribution >= 0.6 is 0 Å². The Morgan fingerprint density at radius 3 is 2.31 bits per heavy atom. The third kappa shape index (κ3) is 4.39. The first kappa shape index (κ1) is 12.6. The summed E-state index contributed by atoms with van der Waals surface area (Å²) in [5, 5.41) is 0. The van der Waals surface area contributed by atoms with Crippen molar-refractivity contribution >= 4 is 0 Å². The van der Waals surface area contributed by atoms with Crippen molar-refractivity contribution in [2.75, 3.05) is 7.05 Å². The lowest BCUT2D eigenvalue weighted by Gasteiger charge is -2.28. The second-order valence-corrected chi connectivity index (χ2v) is 4.95. The number of hydrogen-bond donors (Lipinski definition) is 0. The van der Waals surface area contributed by atoms with Gasteiger partial charge in [0.15, 0.2) is 5.88 Å². The van der Waals surface area contributed by atoms with Crippen LogP contribution in [0.4, 0.5) is 0 Å². The zero-order chi connectivity index (χ0) is 12.2. The predicted molar refractivity (Wildman–Crippen MR) is 67.9 cm³/mol. The molecule has 88 valence electrons. The lowest BCUT2D eigenvalue weighted by molar-refractivity contribution is 0.00762. The normalized spacial score (nSPS) is 11.0. The van der Waals surface area contributed by atoms with Crippen molar-refractivity contribution in [2.24, 2.45) is 0 Å². The second-order valence-electron chi connectivity index (χ2n) is 4.95. The Morgan fingerprint density at radius 2 is 1.81 bits per heavy atom. The summed E-state index contributed by atoms with van der Waals surface area (Å²) in [7, 11) is 1.99. The van der Waals surface area contributed by atoms with E-state index in [9.17, 15) is 0 Å². The van der Waals surface area contributed by atoms with Gasteiger partial charge in [0, 0.05) is 13.6 Å². The van der Waals surface area contributed by atoms with E-state index in [1.807, 2.05) is 50.9 Å². The molecule has 2 nitrogen and oxygen atoms in total. The molecule has 0 aliphatic carbocycles. The molecule has 0 saturated heterocycles. The number of hydrogen-bond acceptors (Lipinski definition) is 2. The van der Waals surface area contributed by atoms with Crippen molar-refractivity contribution in [1.29, 1.82) is 0 Å². The van der Waals surface area contributed by atoms with Crippen LogP contribution in [0.3, 0.4) is 0 Å². The summed E-state index contributed by atoms with van der Waals surface area (Å²) in [4.78, 5) is 2.01. The molecule has 0 saturated carbocycles. The van der Waals surface area contributed by atoms with Gasteiger partial charge in [-0.15, -0.1) is 0 Å². The van der Waals surface area contributed by atoms with Gasteiger partial charge in [0.1, 0.15) is 5.60 Å². The van der Waals surface area contributed by atoms with Crippen LogP contribution < -0.4 is 0 Å². The van der Waals surface area contributed by atoms with Gasteiger partial charge in [0.2, 0.25) is 0 Å². The molecule has 0 amide bonds. The molecule has 0 N–H and O–H groups in total. The van der Waals surface area contributed by atoms with Gasteiger partial charge in [-0.1, -0.05) is 30.3 Å². The molecule has 0 aliphatic rings. The van der Waals surface area contributed by atoms with Crippen LogP contribution in [-0.4, -0.2) is 17.5 Å². The highest BCUT2D eigenvalue weighted by Crippen LogP contribution is 2.16. The van der Waals surface area contributed by atoms with Crippen LogP contribution in [0.25, 0.3) is 0 Å². The average molecular weight is 219 g/mol. The Bertz CT molecular complexity index is 338. The van der Waals surface area contributed by atoms with E-state index in [-0.39, 0.29) is 5.60 Å². The first-order valence-electron chi connectivity index (χ1n) is 5.51. The zero-order valence-corrected chi connectivity index (χ0v) is 10.7. The number of nitrogens with zero attached hydrogens (tertiary/aromatic N) is 1. The van der Waals surface area contributed by atoms with Gasteiger partial charge in [0.05, 0.1) is 0 Å². The molecule has 1 rings (SSSR count). The van der Waals surface area contributed by atoms with Gasteiger partial charge in [-0.3, -0.25) is 0 Å². The molecule has 0 spiro atoms. The van der Waals surface area contributed by atoms with E-state index in [0.29, 0.717) is 5.88 Å². The Labute approximate surface area is 98.5 Å². The fourth-order valence-electron chi connectivity index (χ4n) is 1.38. The first-order valence-corrected chi connectivity index (χ1v) is 5.51. The quantitative estimate of drug-likeness (QED) is 0.720. The van der Waals surface area contributed by atoms with Crippen molar-refractivity contribution in [3.63, 3.8) is 0 Å². The molecule has 0 unspecified atom stereocenters. The molecular formula is C14H21NO. The smallest absolute Gasteiger partial charge is 0.182 e. The van der Waals surface area contributed by atoms with Crippen LogP contribution in [0.2, 0.25) is 0 Å². The fourth-order valence-corrected chi connectivity index (χ4v) is 1.38. The molecule has 0 radical (unpaired) electrons. The third-order valence-electron chi connectivity index (χ3n) is 2.11. The molecule has 0 bridgehead atoms. The van der Waals surface area contributed by atoms with Crippen LogP contribution in [0.1, 0.15) is 26.3 Å². The van der Waals surface area contributed by atoms with Crippen molar-refractivity contribution in [3.05, 3.63) is 48.4 Å². The van der Waals surface area contributed by atoms with E-state index in [4.69, 9.17) is 4.74 Å². The van der Waals surface area contributed by atoms with E-state index in [2.05, 4.69) is 18.7 Å². The van der Waals surface area contributed by atoms with Gasteiger partial charge >= 0.3 is 0 Å². The van der Waals surface area contributed by atoms with Gasteiger partial charge < -0.3 is 9.64 Å². The third-order valence-corrected chi connectivity index (χ3v) is 2.11. The first-order chi connectivity index (χ1) is 7.38. The largest absolute Gasteiger partial charge is 0.474 e. The van der Waals surface area contributed by atoms with Gasteiger partial charge in [-0.05, 0) is 32.9 Å². The standard InChI is InChI=1S/C14H21NO/c1-12(16-14(2,3)4)15(5)11-13-9-7-6-8-10-13/h6-10H,1,11H2,2-5H3. The van der Waals surface area contributed by atoms with Crippen molar-refractivity contribution < 1.29 is 4.74 Å². The maximum atomic E-state index is 5.70. The summed E-state index contributed by atoms with van der Waals surface area (Å²) in [6.07, 6.45) is 0. The fraction of sp³-hybridized carbons (Fsp3) is 0.429. The molecule has 0 atom stereocenters. The van der Waals surface area contributed by atoms with Gasteiger partial charge in [-0.25, -0.2) is 0 Å². The highest BCUT2D eigenvalue weighted by Gasteiger charge is 2.14. The van der Waals surface area contributed by atoms with E-state index >= 15 is 0 Å². The summed E-state index contributed by atoms with van der Waals surface area (Å²) in [6, 6.07) is 10.3. The molecule has 1 aromatic carbocycles. The topological polar surface area (TPSA) is 12.5 Å². The zero-order valence-electron chi connectivity index (χ0n) is 10.7. The number of rotatable bonds is 4. The lowest BCUT2D eigenvalue weighted by atomic mass is 10.2. The van der Waals surface area contributed by atoms with Gasteiger partial charge in [-0.2, -0.15) is 0 Å². The van der Waals surface area contributed by atoms with Crippen molar-refractivity contribution in [1.82, 2.24) is 4.90 Å². The monoisotopic (exact) mass is 219 g/mol. The second kappa shape index (κ2) is 5.06. The summed E-state index contributed by atoms with van der Waals surface area (Å²) in [5.74, 6) is 0.705. The maximum Gasteiger partial charge on any atom is 0.182 e. The van der Waals surface area contributed by atoms with E-state index < -0.39 is 0 Å². The summed E-state index contributed by atoms with van der Waals surface area (Å²) < 4.78 is 5.70. The average Bonchev–Trinajstić information content (AvgIpc) is 2.16. The summed E-state index contributed by atoms with van der Waals surface area (Å²) in [5.41, 5.74) is 1.06. The minimum atomic E-state index is -0.192. The van der Waals surface area contributed by atoms with Crippen molar-refractivity contribution in [2.45, 2.75) is 32.9 Å². The van der Waals surface area contributed by atoms with E-state index in [0.717, 1.165) is 6.54 Å². The molecule has 0 aliphatic heterocycles. The molecule has 16 heavy (non-hydrogen) atoms. The molecule has 0 aromatic heterocycles. The van der Waals surface area contributed by atoms with Crippen molar-refractivity contribution in [3.8, 4) is 0 Å². The highest BCUT2D eigenvalue weighted by molar-refractivity contribution is 5.15. The highest BCUT2D eigenvalue weighted by atomic mass is 16.5. The van der Waals surface area contributed by atoms with Crippen LogP contribution in [0.15, 0.2) is 42.8 Å². The molecular weight excluding hydrogens is 198 g/mol. The Balaban J connectivity index is 2.53. The summed E-state index contributed by atoms with van der Waals surface area (Å²) >= 11 is 0.